The van der Waals surface area contributed by atoms with E-state index in [0.29, 0.717) is 29.8 Å². The highest BCUT2D eigenvalue weighted by Gasteiger charge is 2.44. The molecule has 8 heteroatoms. The molecule has 2 aliphatic rings. The first-order chi connectivity index (χ1) is 15.8. The number of carboxylic acid groups (broad SMARTS) is 1. The second-order valence-corrected chi connectivity index (χ2v) is 9.81. The van der Waals surface area contributed by atoms with Gasteiger partial charge in [-0.2, -0.15) is 0 Å². The van der Waals surface area contributed by atoms with Crippen LogP contribution in [0, 0.1) is 18.8 Å². The van der Waals surface area contributed by atoms with Gasteiger partial charge in [-0.25, -0.2) is 4.79 Å². The Balaban J connectivity index is 1.63. The van der Waals surface area contributed by atoms with E-state index in [1.54, 1.807) is 13.0 Å². The Bertz CT molecular complexity index is 996. The molecule has 0 radical (unpaired) electrons. The van der Waals surface area contributed by atoms with Crippen molar-refractivity contribution in [3.8, 4) is 0 Å². The number of amides is 2. The molecule has 2 amide bonds. The number of rotatable bonds is 8. The van der Waals surface area contributed by atoms with Gasteiger partial charge >= 0.3 is 12.0 Å². The van der Waals surface area contributed by atoms with Gasteiger partial charge in [0.1, 0.15) is 0 Å². The van der Waals surface area contributed by atoms with Crippen molar-refractivity contribution in [1.29, 1.82) is 0 Å². The molecule has 1 aromatic carbocycles. The maximum atomic E-state index is 12.8. The lowest BCUT2D eigenvalue weighted by Gasteiger charge is -2.38. The number of carbonyl (C=O) groups excluding carboxylic acids is 1. The maximum absolute atomic E-state index is 12.8. The fraction of sp³-hybridized carbons (Fsp3) is 0.560. The number of carbonyl (C=O) groups is 2. The second-order valence-electron chi connectivity index (χ2n) is 9.81. The summed E-state index contributed by atoms with van der Waals surface area (Å²) in [5.74, 6) is -0.377. The summed E-state index contributed by atoms with van der Waals surface area (Å²) in [6.07, 6.45) is 6.62. The topological polar surface area (TPSA) is 108 Å². The van der Waals surface area contributed by atoms with E-state index in [-0.39, 0.29) is 17.7 Å². The molecule has 2 fully saturated rings. The highest BCUT2D eigenvalue weighted by Crippen LogP contribution is 2.49. The molecule has 1 heterocycles. The highest BCUT2D eigenvalue weighted by atomic mass is 16.5. The fourth-order valence-corrected chi connectivity index (χ4v) is 4.89. The summed E-state index contributed by atoms with van der Waals surface area (Å²) in [4.78, 5) is 26.7. The Morgan fingerprint density at radius 2 is 1.94 bits per heavy atom. The Morgan fingerprint density at radius 3 is 2.55 bits per heavy atom. The van der Waals surface area contributed by atoms with E-state index >= 15 is 0 Å². The number of nitrogens with zero attached hydrogens (tertiary/aromatic N) is 2. The summed E-state index contributed by atoms with van der Waals surface area (Å²) in [6.45, 7) is 7.09. The summed E-state index contributed by atoms with van der Waals surface area (Å²) >= 11 is 0. The number of aryl methyl sites for hydroxylation is 1. The molecular weight excluding hydrogens is 420 g/mol. The van der Waals surface area contributed by atoms with Crippen LogP contribution >= 0.6 is 0 Å². The maximum Gasteiger partial charge on any atom is 0.326 e. The molecule has 0 aliphatic heterocycles. The van der Waals surface area contributed by atoms with Gasteiger partial charge in [0.25, 0.3) is 0 Å². The van der Waals surface area contributed by atoms with Crippen molar-refractivity contribution in [2.75, 3.05) is 22.1 Å². The molecule has 2 aromatic rings. The molecule has 2 aliphatic carbocycles. The van der Waals surface area contributed by atoms with Gasteiger partial charge in [0.15, 0.2) is 0 Å². The van der Waals surface area contributed by atoms with Crippen LogP contribution < -0.4 is 15.5 Å². The lowest BCUT2D eigenvalue weighted by Crippen LogP contribution is -2.40. The van der Waals surface area contributed by atoms with Crippen molar-refractivity contribution in [2.45, 2.75) is 71.3 Å². The van der Waals surface area contributed by atoms with E-state index in [1.807, 2.05) is 12.1 Å². The SMILES string of the molecule is Cc1cc(NC(=O)Nc2cc(C3CC3C(=O)O)ccc2N(CC(C)C)C2CCCCC2)on1. The number of aromatic nitrogens is 1. The number of anilines is 3. The van der Waals surface area contributed by atoms with Crippen molar-refractivity contribution in [3.63, 3.8) is 0 Å². The van der Waals surface area contributed by atoms with Crippen molar-refractivity contribution >= 4 is 29.3 Å². The van der Waals surface area contributed by atoms with Crippen molar-refractivity contribution < 1.29 is 19.2 Å². The predicted molar refractivity (Wildman–Crippen MR) is 128 cm³/mol. The minimum absolute atomic E-state index is 0.00897. The Morgan fingerprint density at radius 1 is 1.18 bits per heavy atom. The zero-order chi connectivity index (χ0) is 23.5. The Labute approximate surface area is 194 Å². The summed E-state index contributed by atoms with van der Waals surface area (Å²) in [5.41, 5.74) is 3.31. The number of hydrogen-bond acceptors (Lipinski definition) is 5. The van der Waals surface area contributed by atoms with Crippen LogP contribution in [-0.4, -0.2) is 34.9 Å². The average Bonchev–Trinajstić information content (AvgIpc) is 3.49. The third-order valence-electron chi connectivity index (χ3n) is 6.56. The highest BCUT2D eigenvalue weighted by molar-refractivity contribution is 6.01. The Hall–Kier alpha value is -3.03. The smallest absolute Gasteiger partial charge is 0.326 e. The molecule has 0 bridgehead atoms. The first-order valence-corrected chi connectivity index (χ1v) is 12.0. The lowest BCUT2D eigenvalue weighted by atomic mass is 9.92. The van der Waals surface area contributed by atoms with E-state index in [9.17, 15) is 14.7 Å². The molecule has 0 saturated heterocycles. The van der Waals surface area contributed by atoms with Crippen molar-refractivity contribution in [3.05, 3.63) is 35.5 Å². The molecule has 8 nitrogen and oxygen atoms in total. The van der Waals surface area contributed by atoms with Gasteiger partial charge in [0.05, 0.1) is 23.0 Å². The standard InChI is InChI=1S/C25H34N4O4/c1-15(2)14-29(18-7-5-4-6-8-18)22-10-9-17(19-13-20(19)24(30)31)12-21(22)26-25(32)27-23-11-16(3)28-33-23/h9-12,15,18-20H,4-8,13-14H2,1-3H3,(H,30,31)(H2,26,27,32). The molecule has 2 unspecified atom stereocenters. The van der Waals surface area contributed by atoms with Crippen LogP contribution in [0.3, 0.4) is 0 Å². The fourth-order valence-electron chi connectivity index (χ4n) is 4.89. The molecule has 3 N–H and O–H groups in total. The van der Waals surface area contributed by atoms with Crippen molar-refractivity contribution in [2.24, 2.45) is 11.8 Å². The van der Waals surface area contributed by atoms with Crippen LogP contribution in [0.15, 0.2) is 28.8 Å². The van der Waals surface area contributed by atoms with Gasteiger partial charge in [-0.1, -0.05) is 44.3 Å². The van der Waals surface area contributed by atoms with Crippen LogP contribution in [0.5, 0.6) is 0 Å². The number of urea groups is 1. The number of hydrogen-bond donors (Lipinski definition) is 3. The molecule has 33 heavy (non-hydrogen) atoms. The lowest BCUT2D eigenvalue weighted by molar-refractivity contribution is -0.138. The van der Waals surface area contributed by atoms with Gasteiger partial charge in [-0.3, -0.25) is 10.1 Å². The predicted octanol–water partition coefficient (Wildman–Crippen LogP) is 5.61. The molecule has 1 aromatic heterocycles. The Kier molecular flexibility index (Phi) is 6.91. The second kappa shape index (κ2) is 9.85. The third kappa shape index (κ3) is 5.67. The zero-order valence-electron chi connectivity index (χ0n) is 19.6. The number of aliphatic carboxylic acids is 1. The molecule has 2 atom stereocenters. The molecule has 0 spiro atoms. The van der Waals surface area contributed by atoms with Gasteiger partial charge < -0.3 is 19.8 Å². The minimum Gasteiger partial charge on any atom is -0.481 e. The van der Waals surface area contributed by atoms with Crippen LogP contribution in [0.2, 0.25) is 0 Å². The first kappa shape index (κ1) is 23.1. The minimum atomic E-state index is -0.763. The first-order valence-electron chi connectivity index (χ1n) is 12.0. The number of benzene rings is 1. The van der Waals surface area contributed by atoms with Crippen LogP contribution in [0.25, 0.3) is 0 Å². The van der Waals surface area contributed by atoms with E-state index in [2.05, 4.69) is 40.6 Å². The average molecular weight is 455 g/mol. The third-order valence-corrected chi connectivity index (χ3v) is 6.56. The van der Waals surface area contributed by atoms with Crippen LogP contribution in [0.1, 0.15) is 69.5 Å². The molecule has 4 rings (SSSR count). The van der Waals surface area contributed by atoms with E-state index in [4.69, 9.17) is 4.52 Å². The normalized spacial score (nSPS) is 20.5. The molecular formula is C25H34N4O4. The van der Waals surface area contributed by atoms with Gasteiger partial charge in [0.2, 0.25) is 5.88 Å². The number of carboxylic acids is 1. The van der Waals surface area contributed by atoms with E-state index in [1.165, 1.54) is 19.3 Å². The van der Waals surface area contributed by atoms with E-state index < -0.39 is 12.0 Å². The monoisotopic (exact) mass is 454 g/mol. The molecule has 178 valence electrons. The van der Waals surface area contributed by atoms with Crippen molar-refractivity contribution in [1.82, 2.24) is 5.16 Å². The van der Waals surface area contributed by atoms with Crippen LogP contribution in [-0.2, 0) is 4.79 Å². The summed E-state index contributed by atoms with van der Waals surface area (Å²) in [7, 11) is 0. The largest absolute Gasteiger partial charge is 0.481 e. The quantitative estimate of drug-likeness (QED) is 0.478. The van der Waals surface area contributed by atoms with Gasteiger partial charge in [0, 0.05) is 18.7 Å². The van der Waals surface area contributed by atoms with Gasteiger partial charge in [-0.05, 0) is 55.7 Å². The zero-order valence-corrected chi connectivity index (χ0v) is 19.6. The van der Waals surface area contributed by atoms with E-state index in [0.717, 1.165) is 30.6 Å². The molecule has 2 saturated carbocycles. The summed E-state index contributed by atoms with van der Waals surface area (Å²) in [6, 6.07) is 7.71. The summed E-state index contributed by atoms with van der Waals surface area (Å²) in [5, 5.41) is 18.9. The summed E-state index contributed by atoms with van der Waals surface area (Å²) < 4.78 is 5.11. The number of nitrogens with one attached hydrogen (secondary N) is 2. The van der Waals surface area contributed by atoms with Gasteiger partial charge in [-0.15, -0.1) is 0 Å². The van der Waals surface area contributed by atoms with Crippen LogP contribution in [0.4, 0.5) is 22.1 Å².